The van der Waals surface area contributed by atoms with Crippen LogP contribution in [0.25, 0.3) is 21.1 Å². The summed E-state index contributed by atoms with van der Waals surface area (Å²) >= 11 is 1.56. The van der Waals surface area contributed by atoms with Crippen LogP contribution in [0.2, 0.25) is 0 Å². The van der Waals surface area contributed by atoms with Crippen molar-refractivity contribution in [3.8, 4) is 27.0 Å². The number of aromatic nitrogens is 2. The van der Waals surface area contributed by atoms with Crippen LogP contribution in [0.5, 0.6) is 5.88 Å². The molecule has 0 amide bonds. The first-order valence-corrected chi connectivity index (χ1v) is 8.94. The average Bonchev–Trinajstić information content (AvgIpc) is 3.07. The Morgan fingerprint density at radius 1 is 1.12 bits per heavy atom. The van der Waals surface area contributed by atoms with E-state index in [1.54, 1.807) is 17.5 Å². The van der Waals surface area contributed by atoms with Crippen LogP contribution >= 0.6 is 11.3 Å². The number of aliphatic hydroxyl groups is 1. The van der Waals surface area contributed by atoms with Crippen molar-refractivity contribution in [2.75, 3.05) is 32.2 Å². The van der Waals surface area contributed by atoms with Crippen LogP contribution in [0.1, 0.15) is 6.42 Å². The molecule has 1 N–H and O–H groups in total. The molecule has 0 radical (unpaired) electrons. The number of hydrogen-bond acceptors (Lipinski definition) is 6. The van der Waals surface area contributed by atoms with Crippen molar-refractivity contribution in [3.05, 3.63) is 48.7 Å². The van der Waals surface area contributed by atoms with Gasteiger partial charge >= 0.3 is 0 Å². The molecule has 5 nitrogen and oxygen atoms in total. The molecule has 6 heteroatoms. The maximum absolute atomic E-state index is 8.98. The van der Waals surface area contributed by atoms with Crippen LogP contribution in [-0.4, -0.2) is 42.4 Å². The number of anilines is 1. The molecular weight excluding hydrogens is 334 g/mol. The monoisotopic (exact) mass is 355 g/mol. The maximum atomic E-state index is 8.98. The summed E-state index contributed by atoms with van der Waals surface area (Å²) in [6.45, 7) is 0.536. The molecule has 0 saturated heterocycles. The van der Waals surface area contributed by atoms with E-state index in [2.05, 4.69) is 39.1 Å². The van der Waals surface area contributed by atoms with Crippen molar-refractivity contribution in [2.45, 2.75) is 6.42 Å². The quantitative estimate of drug-likeness (QED) is 0.655. The topological polar surface area (TPSA) is 58.5 Å². The molecule has 0 fully saturated rings. The predicted molar refractivity (Wildman–Crippen MR) is 102 cm³/mol. The van der Waals surface area contributed by atoms with E-state index < -0.39 is 0 Å². The summed E-state index contributed by atoms with van der Waals surface area (Å²) in [5.74, 6) is 0.594. The lowest BCUT2D eigenvalue weighted by atomic mass is 10.2. The van der Waals surface area contributed by atoms with E-state index in [4.69, 9.17) is 9.84 Å². The van der Waals surface area contributed by atoms with Crippen molar-refractivity contribution in [2.24, 2.45) is 0 Å². The van der Waals surface area contributed by atoms with Crippen LogP contribution in [0, 0.1) is 0 Å². The Labute approximate surface area is 151 Å². The van der Waals surface area contributed by atoms with Crippen molar-refractivity contribution < 1.29 is 9.84 Å². The third-order valence-electron chi connectivity index (χ3n) is 3.67. The van der Waals surface area contributed by atoms with E-state index >= 15 is 0 Å². The fourth-order valence-corrected chi connectivity index (χ4v) is 3.32. The molecule has 2 aromatic heterocycles. The van der Waals surface area contributed by atoms with Gasteiger partial charge in [-0.15, -0.1) is 11.3 Å². The van der Waals surface area contributed by atoms with Gasteiger partial charge in [-0.2, -0.15) is 4.98 Å². The van der Waals surface area contributed by atoms with Crippen molar-refractivity contribution in [1.82, 2.24) is 9.97 Å². The van der Waals surface area contributed by atoms with Gasteiger partial charge in [-0.3, -0.25) is 4.98 Å². The second kappa shape index (κ2) is 8.09. The van der Waals surface area contributed by atoms with Gasteiger partial charge in [0.2, 0.25) is 5.88 Å². The Morgan fingerprint density at radius 2 is 1.92 bits per heavy atom. The zero-order valence-electron chi connectivity index (χ0n) is 14.3. The third-order valence-corrected chi connectivity index (χ3v) is 4.78. The Bertz CT molecular complexity index is 801. The summed E-state index contributed by atoms with van der Waals surface area (Å²) in [7, 11) is 4.04. The highest BCUT2D eigenvalue weighted by molar-refractivity contribution is 7.18. The number of pyridine rings is 1. The van der Waals surface area contributed by atoms with E-state index in [0.29, 0.717) is 18.9 Å². The van der Waals surface area contributed by atoms with Gasteiger partial charge in [-0.1, -0.05) is 18.2 Å². The van der Waals surface area contributed by atoms with Gasteiger partial charge in [0, 0.05) is 39.0 Å². The molecule has 0 saturated carbocycles. The van der Waals surface area contributed by atoms with Gasteiger partial charge in [0.1, 0.15) is 5.01 Å². The van der Waals surface area contributed by atoms with Gasteiger partial charge in [0.05, 0.1) is 17.2 Å². The Morgan fingerprint density at radius 3 is 2.56 bits per heavy atom. The summed E-state index contributed by atoms with van der Waals surface area (Å²) < 4.78 is 5.81. The third kappa shape index (κ3) is 4.15. The van der Waals surface area contributed by atoms with E-state index in [1.165, 1.54) is 0 Å². The lowest BCUT2D eigenvalue weighted by Crippen LogP contribution is -2.07. The standard InChI is InChI=1S/C19H21N3O2S/c1-22(2)15-9-7-14(8-10-15)17-18(24-13-5-12-23)21-19(25-17)16-6-3-4-11-20-16/h3-4,6-11,23H,5,12-13H2,1-2H3. The van der Waals surface area contributed by atoms with Gasteiger partial charge < -0.3 is 14.7 Å². The highest BCUT2D eigenvalue weighted by Gasteiger charge is 2.16. The highest BCUT2D eigenvalue weighted by atomic mass is 32.1. The van der Waals surface area contributed by atoms with E-state index in [-0.39, 0.29) is 6.61 Å². The first-order valence-electron chi connectivity index (χ1n) is 8.12. The molecule has 3 aromatic rings. The predicted octanol–water partition coefficient (Wildman–Crippen LogP) is 3.70. The van der Waals surface area contributed by atoms with Crippen molar-refractivity contribution in [3.63, 3.8) is 0 Å². The average molecular weight is 355 g/mol. The number of rotatable bonds is 7. The van der Waals surface area contributed by atoms with Gasteiger partial charge in [-0.25, -0.2) is 0 Å². The molecule has 3 rings (SSSR count). The summed E-state index contributed by atoms with van der Waals surface area (Å²) in [5.41, 5.74) is 3.03. The smallest absolute Gasteiger partial charge is 0.233 e. The second-order valence-corrected chi connectivity index (χ2v) is 6.73. The minimum Gasteiger partial charge on any atom is -0.477 e. The zero-order chi connectivity index (χ0) is 17.6. The molecule has 130 valence electrons. The largest absolute Gasteiger partial charge is 0.477 e. The molecule has 2 heterocycles. The first-order chi connectivity index (χ1) is 12.2. The highest BCUT2D eigenvalue weighted by Crippen LogP contribution is 2.39. The number of hydrogen-bond donors (Lipinski definition) is 1. The molecule has 0 atom stereocenters. The van der Waals surface area contributed by atoms with Crippen LogP contribution in [0.4, 0.5) is 5.69 Å². The number of benzene rings is 1. The lowest BCUT2D eigenvalue weighted by molar-refractivity contribution is 0.230. The molecule has 25 heavy (non-hydrogen) atoms. The summed E-state index contributed by atoms with van der Waals surface area (Å²) in [6.07, 6.45) is 2.34. The molecular formula is C19H21N3O2S. The van der Waals surface area contributed by atoms with Crippen molar-refractivity contribution in [1.29, 1.82) is 0 Å². The number of thiazole rings is 1. The minimum atomic E-state index is 0.101. The normalized spacial score (nSPS) is 10.7. The first kappa shape index (κ1) is 17.4. The molecule has 1 aromatic carbocycles. The SMILES string of the molecule is CN(C)c1ccc(-c2sc(-c3ccccn3)nc2OCCCO)cc1. The summed E-state index contributed by atoms with van der Waals surface area (Å²) in [6, 6.07) is 14.1. The Hall–Kier alpha value is -2.44. The molecule has 0 spiro atoms. The van der Waals surface area contributed by atoms with Gasteiger partial charge in [-0.05, 0) is 29.8 Å². The zero-order valence-corrected chi connectivity index (χ0v) is 15.2. The molecule has 0 aliphatic rings. The number of aliphatic hydroxyl groups excluding tert-OH is 1. The summed E-state index contributed by atoms with van der Waals surface area (Å²) in [4.78, 5) is 12.0. The summed E-state index contributed by atoms with van der Waals surface area (Å²) in [5, 5.41) is 9.81. The van der Waals surface area contributed by atoms with Crippen LogP contribution in [0.3, 0.4) is 0 Å². The van der Waals surface area contributed by atoms with Crippen LogP contribution in [0.15, 0.2) is 48.7 Å². The van der Waals surface area contributed by atoms with Gasteiger partial charge in [0.15, 0.2) is 0 Å². The maximum Gasteiger partial charge on any atom is 0.233 e. The molecule has 0 aliphatic heterocycles. The van der Waals surface area contributed by atoms with Crippen LogP contribution < -0.4 is 9.64 Å². The van der Waals surface area contributed by atoms with E-state index in [9.17, 15) is 0 Å². The molecule has 0 aliphatic carbocycles. The molecule has 0 unspecified atom stereocenters. The number of ether oxygens (including phenoxy) is 1. The second-order valence-electron chi connectivity index (χ2n) is 5.74. The fourth-order valence-electron chi connectivity index (χ4n) is 2.33. The Balaban J connectivity index is 1.96. The van der Waals surface area contributed by atoms with Crippen LogP contribution in [-0.2, 0) is 0 Å². The number of nitrogens with zero attached hydrogens (tertiary/aromatic N) is 3. The van der Waals surface area contributed by atoms with Crippen molar-refractivity contribution >= 4 is 17.0 Å². The van der Waals surface area contributed by atoms with E-state index in [1.807, 2.05) is 32.3 Å². The van der Waals surface area contributed by atoms with Gasteiger partial charge in [0.25, 0.3) is 0 Å². The Kier molecular flexibility index (Phi) is 5.63. The fraction of sp³-hybridized carbons (Fsp3) is 0.263. The minimum absolute atomic E-state index is 0.101. The van der Waals surface area contributed by atoms with E-state index in [0.717, 1.165) is 26.8 Å². The molecule has 0 bridgehead atoms. The lowest BCUT2D eigenvalue weighted by Gasteiger charge is -2.12.